The lowest BCUT2D eigenvalue weighted by Crippen LogP contribution is -2.54. The van der Waals surface area contributed by atoms with Crippen LogP contribution < -0.4 is 10.2 Å². The van der Waals surface area contributed by atoms with E-state index in [2.05, 4.69) is 25.6 Å². The number of carbonyl (C=O) groups excluding carboxylic acids is 1. The monoisotopic (exact) mass is 291 g/mol. The van der Waals surface area contributed by atoms with Gasteiger partial charge in [-0.15, -0.1) is 5.10 Å². The third kappa shape index (κ3) is 2.51. The normalized spacial score (nSPS) is 15.2. The zero-order chi connectivity index (χ0) is 14.8. The standard InChI is InChI=1S/C12H17N7O2/c1-18-10-9(16-17-18)11(15-7-14-10)19-5-8(6-19)12(20)13-3-4-21-2/h7-8H,3-6H2,1-2H3,(H,13,20). The van der Waals surface area contributed by atoms with E-state index in [4.69, 9.17) is 4.74 Å². The number of hydrogen-bond donors (Lipinski definition) is 1. The second kappa shape index (κ2) is 5.60. The fourth-order valence-corrected chi connectivity index (χ4v) is 2.31. The minimum absolute atomic E-state index is 0.0245. The first-order valence-corrected chi connectivity index (χ1v) is 6.72. The topological polar surface area (TPSA) is 98.1 Å². The molecule has 0 bridgehead atoms. The molecular weight excluding hydrogens is 274 g/mol. The highest BCUT2D eigenvalue weighted by Crippen LogP contribution is 2.27. The first-order valence-electron chi connectivity index (χ1n) is 6.72. The Bertz CT molecular complexity index is 650. The van der Waals surface area contributed by atoms with Crippen molar-refractivity contribution >= 4 is 22.9 Å². The van der Waals surface area contributed by atoms with Gasteiger partial charge in [0.1, 0.15) is 6.33 Å². The minimum atomic E-state index is -0.0245. The summed E-state index contributed by atoms with van der Waals surface area (Å²) in [6.45, 7) is 2.31. The average molecular weight is 291 g/mol. The molecule has 0 spiro atoms. The number of fused-ring (bicyclic) bond motifs is 1. The number of nitrogens with zero attached hydrogens (tertiary/aromatic N) is 6. The van der Waals surface area contributed by atoms with Crippen molar-refractivity contribution in [2.45, 2.75) is 0 Å². The summed E-state index contributed by atoms with van der Waals surface area (Å²) in [5, 5.41) is 10.9. The van der Waals surface area contributed by atoms with Crippen LogP contribution >= 0.6 is 0 Å². The van der Waals surface area contributed by atoms with E-state index >= 15 is 0 Å². The Kier molecular flexibility index (Phi) is 3.65. The SMILES string of the molecule is COCCNC(=O)C1CN(c2ncnc3c2nnn3C)C1. The zero-order valence-corrected chi connectivity index (χ0v) is 12.0. The molecule has 0 unspecified atom stereocenters. The molecule has 0 aliphatic carbocycles. The Morgan fingerprint density at radius 3 is 3.05 bits per heavy atom. The number of carbonyl (C=O) groups is 1. The van der Waals surface area contributed by atoms with Crippen molar-refractivity contribution in [1.82, 2.24) is 30.3 Å². The molecule has 3 rings (SSSR count). The number of aromatic nitrogens is 5. The molecule has 1 aliphatic heterocycles. The number of methoxy groups -OCH3 is 1. The Balaban J connectivity index is 1.64. The van der Waals surface area contributed by atoms with Crippen LogP contribution in [0.1, 0.15) is 0 Å². The fraction of sp³-hybridized carbons (Fsp3) is 0.583. The van der Waals surface area contributed by atoms with Gasteiger partial charge in [-0.3, -0.25) is 4.79 Å². The molecule has 1 amide bonds. The molecule has 21 heavy (non-hydrogen) atoms. The van der Waals surface area contributed by atoms with E-state index in [1.54, 1.807) is 18.8 Å². The second-order valence-electron chi connectivity index (χ2n) is 4.97. The second-order valence-corrected chi connectivity index (χ2v) is 4.97. The molecule has 0 aromatic carbocycles. The van der Waals surface area contributed by atoms with Crippen molar-refractivity contribution in [3.05, 3.63) is 6.33 Å². The van der Waals surface area contributed by atoms with Gasteiger partial charge >= 0.3 is 0 Å². The van der Waals surface area contributed by atoms with Gasteiger partial charge in [0.2, 0.25) is 5.91 Å². The smallest absolute Gasteiger partial charge is 0.226 e. The Morgan fingerprint density at radius 1 is 1.48 bits per heavy atom. The van der Waals surface area contributed by atoms with Crippen molar-refractivity contribution in [2.24, 2.45) is 13.0 Å². The Labute approximate surface area is 121 Å². The minimum Gasteiger partial charge on any atom is -0.383 e. The van der Waals surface area contributed by atoms with Crippen LogP contribution in [-0.2, 0) is 16.6 Å². The highest BCUT2D eigenvalue weighted by molar-refractivity contribution is 5.86. The zero-order valence-electron chi connectivity index (χ0n) is 12.0. The van der Waals surface area contributed by atoms with E-state index in [-0.39, 0.29) is 11.8 Å². The summed E-state index contributed by atoms with van der Waals surface area (Å²) in [6, 6.07) is 0. The van der Waals surface area contributed by atoms with Gasteiger partial charge < -0.3 is 15.0 Å². The van der Waals surface area contributed by atoms with Gasteiger partial charge in [0.25, 0.3) is 0 Å². The van der Waals surface area contributed by atoms with Crippen molar-refractivity contribution in [3.8, 4) is 0 Å². The van der Waals surface area contributed by atoms with E-state index in [1.807, 2.05) is 4.90 Å². The van der Waals surface area contributed by atoms with Crippen LogP contribution in [0.3, 0.4) is 0 Å². The number of anilines is 1. The highest BCUT2D eigenvalue weighted by Gasteiger charge is 2.34. The number of rotatable bonds is 5. The van der Waals surface area contributed by atoms with Crippen molar-refractivity contribution in [3.63, 3.8) is 0 Å². The average Bonchev–Trinajstić information content (AvgIpc) is 2.80. The van der Waals surface area contributed by atoms with Gasteiger partial charge in [-0.05, 0) is 0 Å². The molecule has 0 saturated carbocycles. The molecule has 0 atom stereocenters. The van der Waals surface area contributed by atoms with Gasteiger partial charge in [-0.1, -0.05) is 5.21 Å². The van der Waals surface area contributed by atoms with Crippen LogP contribution in [0.15, 0.2) is 6.33 Å². The molecule has 112 valence electrons. The molecule has 9 nitrogen and oxygen atoms in total. The van der Waals surface area contributed by atoms with Crippen LogP contribution in [-0.4, -0.2) is 64.2 Å². The molecule has 1 N–H and O–H groups in total. The lowest BCUT2D eigenvalue weighted by molar-refractivity contribution is -0.125. The summed E-state index contributed by atoms with van der Waals surface area (Å²) >= 11 is 0. The summed E-state index contributed by atoms with van der Waals surface area (Å²) in [5.41, 5.74) is 1.35. The third-order valence-corrected chi connectivity index (χ3v) is 3.53. The molecule has 3 heterocycles. The van der Waals surface area contributed by atoms with Crippen LogP contribution in [0.4, 0.5) is 5.82 Å². The molecule has 1 fully saturated rings. The van der Waals surface area contributed by atoms with Crippen molar-refractivity contribution < 1.29 is 9.53 Å². The number of aryl methyl sites for hydroxylation is 1. The summed E-state index contributed by atoms with van der Waals surface area (Å²) in [6.07, 6.45) is 1.49. The Morgan fingerprint density at radius 2 is 2.29 bits per heavy atom. The molecular formula is C12H17N7O2. The summed E-state index contributed by atoms with van der Waals surface area (Å²) in [5.74, 6) is 0.755. The number of ether oxygens (including phenoxy) is 1. The molecule has 1 saturated heterocycles. The van der Waals surface area contributed by atoms with Gasteiger partial charge in [0.15, 0.2) is 17.0 Å². The summed E-state index contributed by atoms with van der Waals surface area (Å²) in [7, 11) is 3.40. The predicted molar refractivity (Wildman–Crippen MR) is 74.7 cm³/mol. The number of amides is 1. The molecule has 9 heteroatoms. The van der Waals surface area contributed by atoms with Crippen LogP contribution in [0.5, 0.6) is 0 Å². The Hall–Kier alpha value is -2.29. The van der Waals surface area contributed by atoms with Gasteiger partial charge in [0.05, 0.1) is 12.5 Å². The quantitative estimate of drug-likeness (QED) is 0.702. The summed E-state index contributed by atoms with van der Waals surface area (Å²) in [4.78, 5) is 22.3. The number of nitrogens with one attached hydrogen (secondary N) is 1. The maximum Gasteiger partial charge on any atom is 0.226 e. The van der Waals surface area contributed by atoms with E-state index in [1.165, 1.54) is 6.33 Å². The van der Waals surface area contributed by atoms with Crippen LogP contribution in [0, 0.1) is 5.92 Å². The van der Waals surface area contributed by atoms with Crippen molar-refractivity contribution in [1.29, 1.82) is 0 Å². The van der Waals surface area contributed by atoms with E-state index in [0.717, 1.165) is 5.82 Å². The maximum atomic E-state index is 11.9. The largest absolute Gasteiger partial charge is 0.383 e. The predicted octanol–water partition coefficient (Wildman–Crippen LogP) is -1.04. The van der Waals surface area contributed by atoms with Crippen LogP contribution in [0.2, 0.25) is 0 Å². The first kappa shape index (κ1) is 13.7. The van der Waals surface area contributed by atoms with Crippen LogP contribution in [0.25, 0.3) is 11.2 Å². The van der Waals surface area contributed by atoms with Gasteiger partial charge in [0, 0.05) is 33.8 Å². The first-order chi connectivity index (χ1) is 10.2. The molecule has 2 aromatic heterocycles. The van der Waals surface area contributed by atoms with Gasteiger partial charge in [-0.2, -0.15) is 0 Å². The van der Waals surface area contributed by atoms with E-state index in [0.29, 0.717) is 37.4 Å². The molecule has 0 radical (unpaired) electrons. The molecule has 1 aliphatic rings. The van der Waals surface area contributed by atoms with Gasteiger partial charge in [-0.25, -0.2) is 14.6 Å². The van der Waals surface area contributed by atoms with E-state index < -0.39 is 0 Å². The summed E-state index contributed by atoms with van der Waals surface area (Å²) < 4.78 is 6.51. The lowest BCUT2D eigenvalue weighted by atomic mass is 9.99. The third-order valence-electron chi connectivity index (χ3n) is 3.53. The fourth-order valence-electron chi connectivity index (χ4n) is 2.31. The van der Waals surface area contributed by atoms with Crippen molar-refractivity contribution in [2.75, 3.05) is 38.3 Å². The maximum absolute atomic E-state index is 11.9. The lowest BCUT2D eigenvalue weighted by Gasteiger charge is -2.38. The highest BCUT2D eigenvalue weighted by atomic mass is 16.5. The molecule has 2 aromatic rings. The number of hydrogen-bond acceptors (Lipinski definition) is 7. The van der Waals surface area contributed by atoms with E-state index in [9.17, 15) is 4.79 Å².